The van der Waals surface area contributed by atoms with Crippen LogP contribution in [0.1, 0.15) is 18.2 Å². The van der Waals surface area contributed by atoms with Crippen LogP contribution in [0.15, 0.2) is 15.9 Å². The third-order valence-electron chi connectivity index (χ3n) is 2.92. The van der Waals surface area contributed by atoms with Crippen LogP contribution < -0.4 is 5.32 Å². The molecule has 0 spiro atoms. The molecule has 0 saturated carbocycles. The number of nitrogens with zero attached hydrogens (tertiary/aromatic N) is 1. The number of thiophene rings is 1. The average Bonchev–Trinajstić information content (AvgIpc) is 2.65. The van der Waals surface area contributed by atoms with E-state index in [1.165, 1.54) is 22.3 Å². The summed E-state index contributed by atoms with van der Waals surface area (Å²) in [6, 6.07) is 2.94. The summed E-state index contributed by atoms with van der Waals surface area (Å²) < 4.78 is 1.21. The SMILES string of the molecule is CCC1CNCCN1Cc1cc(Br)cs1. The normalized spacial score (nSPS) is 23.2. The number of hydrogen-bond donors (Lipinski definition) is 1. The number of hydrogen-bond acceptors (Lipinski definition) is 3. The van der Waals surface area contributed by atoms with Crippen LogP contribution in [0.25, 0.3) is 0 Å². The van der Waals surface area contributed by atoms with Crippen molar-refractivity contribution in [3.63, 3.8) is 0 Å². The van der Waals surface area contributed by atoms with E-state index in [9.17, 15) is 0 Å². The zero-order valence-electron chi connectivity index (χ0n) is 9.00. The second-order valence-corrected chi connectivity index (χ2v) is 5.88. The molecule has 1 atom stereocenters. The monoisotopic (exact) mass is 288 g/mol. The fourth-order valence-corrected chi connectivity index (χ4v) is 3.53. The highest BCUT2D eigenvalue weighted by molar-refractivity contribution is 9.10. The van der Waals surface area contributed by atoms with E-state index in [2.05, 4.69) is 44.5 Å². The Morgan fingerprint density at radius 2 is 2.53 bits per heavy atom. The van der Waals surface area contributed by atoms with Crippen LogP contribution in [0.4, 0.5) is 0 Å². The van der Waals surface area contributed by atoms with Crippen LogP contribution in [0.3, 0.4) is 0 Å². The third kappa shape index (κ3) is 3.03. The van der Waals surface area contributed by atoms with E-state index in [-0.39, 0.29) is 0 Å². The van der Waals surface area contributed by atoms with E-state index in [1.54, 1.807) is 0 Å². The van der Waals surface area contributed by atoms with Gasteiger partial charge in [-0.05, 0) is 28.4 Å². The molecule has 1 aromatic heterocycles. The summed E-state index contributed by atoms with van der Waals surface area (Å²) in [7, 11) is 0. The van der Waals surface area contributed by atoms with E-state index in [0.717, 1.165) is 19.6 Å². The van der Waals surface area contributed by atoms with Crippen molar-refractivity contribution in [2.75, 3.05) is 19.6 Å². The maximum Gasteiger partial charge on any atom is 0.0332 e. The van der Waals surface area contributed by atoms with Gasteiger partial charge in [0.1, 0.15) is 0 Å². The second-order valence-electron chi connectivity index (χ2n) is 3.97. The van der Waals surface area contributed by atoms with Crippen LogP contribution in [0.2, 0.25) is 0 Å². The smallest absolute Gasteiger partial charge is 0.0332 e. The Morgan fingerprint density at radius 3 is 3.20 bits per heavy atom. The van der Waals surface area contributed by atoms with Crippen molar-refractivity contribution < 1.29 is 0 Å². The summed E-state index contributed by atoms with van der Waals surface area (Å²) in [6.45, 7) is 6.82. The van der Waals surface area contributed by atoms with Crippen molar-refractivity contribution in [2.45, 2.75) is 25.9 Å². The lowest BCUT2D eigenvalue weighted by atomic mass is 10.1. The van der Waals surface area contributed by atoms with Gasteiger partial charge in [0.05, 0.1) is 0 Å². The molecule has 0 bridgehead atoms. The molecule has 2 heterocycles. The summed E-state index contributed by atoms with van der Waals surface area (Å²) >= 11 is 5.36. The van der Waals surface area contributed by atoms with Crippen molar-refractivity contribution in [1.29, 1.82) is 0 Å². The van der Waals surface area contributed by atoms with E-state index in [0.29, 0.717) is 6.04 Å². The van der Waals surface area contributed by atoms with E-state index < -0.39 is 0 Å². The van der Waals surface area contributed by atoms with Gasteiger partial charge in [-0.2, -0.15) is 0 Å². The molecule has 1 aromatic rings. The third-order valence-corrected chi connectivity index (χ3v) is 4.61. The summed E-state index contributed by atoms with van der Waals surface area (Å²) in [4.78, 5) is 4.05. The molecule has 1 unspecified atom stereocenters. The zero-order valence-corrected chi connectivity index (χ0v) is 11.4. The van der Waals surface area contributed by atoms with Crippen molar-refractivity contribution >= 4 is 27.3 Å². The summed E-state index contributed by atoms with van der Waals surface area (Å²) in [5.74, 6) is 0. The van der Waals surface area contributed by atoms with Gasteiger partial charge in [-0.3, -0.25) is 4.90 Å². The van der Waals surface area contributed by atoms with Crippen LogP contribution in [-0.2, 0) is 6.54 Å². The minimum Gasteiger partial charge on any atom is -0.314 e. The molecule has 2 nitrogen and oxygen atoms in total. The molecule has 2 rings (SSSR count). The Labute approximate surface area is 104 Å². The molecule has 0 radical (unpaired) electrons. The second kappa shape index (κ2) is 5.43. The van der Waals surface area contributed by atoms with Crippen LogP contribution in [0.5, 0.6) is 0 Å². The molecule has 0 aromatic carbocycles. The van der Waals surface area contributed by atoms with Crippen molar-refractivity contribution in [3.05, 3.63) is 20.8 Å². The minimum absolute atomic E-state index is 0.708. The van der Waals surface area contributed by atoms with Gasteiger partial charge in [0.2, 0.25) is 0 Å². The largest absolute Gasteiger partial charge is 0.314 e. The van der Waals surface area contributed by atoms with E-state index >= 15 is 0 Å². The van der Waals surface area contributed by atoms with Gasteiger partial charge in [-0.15, -0.1) is 11.3 Å². The Morgan fingerprint density at radius 1 is 1.67 bits per heavy atom. The highest BCUT2D eigenvalue weighted by Gasteiger charge is 2.20. The number of piperazine rings is 1. The quantitative estimate of drug-likeness (QED) is 0.920. The molecule has 1 aliphatic rings. The fourth-order valence-electron chi connectivity index (χ4n) is 2.05. The first-order chi connectivity index (χ1) is 7.29. The summed E-state index contributed by atoms with van der Waals surface area (Å²) in [5, 5.41) is 5.62. The molecule has 1 fully saturated rings. The van der Waals surface area contributed by atoms with Gasteiger partial charge in [-0.1, -0.05) is 6.92 Å². The molecular weight excluding hydrogens is 272 g/mol. The van der Waals surface area contributed by atoms with Crippen molar-refractivity contribution in [2.24, 2.45) is 0 Å². The number of rotatable bonds is 3. The summed E-state index contributed by atoms with van der Waals surface area (Å²) in [5.41, 5.74) is 0. The van der Waals surface area contributed by atoms with Gasteiger partial charge in [0.15, 0.2) is 0 Å². The topological polar surface area (TPSA) is 15.3 Å². The molecule has 4 heteroatoms. The number of nitrogens with one attached hydrogen (secondary N) is 1. The first-order valence-corrected chi connectivity index (χ1v) is 7.14. The van der Waals surface area contributed by atoms with Gasteiger partial charge >= 0.3 is 0 Å². The van der Waals surface area contributed by atoms with Crippen molar-refractivity contribution in [1.82, 2.24) is 10.2 Å². The molecule has 1 N–H and O–H groups in total. The Balaban J connectivity index is 1.97. The zero-order chi connectivity index (χ0) is 10.7. The first kappa shape index (κ1) is 11.6. The maximum atomic E-state index is 3.51. The predicted molar refractivity (Wildman–Crippen MR) is 69.4 cm³/mol. The van der Waals surface area contributed by atoms with Crippen molar-refractivity contribution in [3.8, 4) is 0 Å². The Kier molecular flexibility index (Phi) is 4.20. The molecule has 84 valence electrons. The first-order valence-electron chi connectivity index (χ1n) is 5.47. The predicted octanol–water partition coefficient (Wildman–Crippen LogP) is 2.69. The van der Waals surface area contributed by atoms with Crippen LogP contribution in [-0.4, -0.2) is 30.6 Å². The van der Waals surface area contributed by atoms with Crippen LogP contribution in [0, 0.1) is 0 Å². The fraction of sp³-hybridized carbons (Fsp3) is 0.636. The molecule has 0 aliphatic carbocycles. The van der Waals surface area contributed by atoms with E-state index in [1.807, 2.05) is 11.3 Å². The average molecular weight is 289 g/mol. The standard InChI is InChI=1S/C11H17BrN2S/c1-2-10-6-13-3-4-14(10)7-11-5-9(12)8-15-11/h5,8,10,13H,2-4,6-7H2,1H3. The molecule has 1 aliphatic heterocycles. The van der Waals surface area contributed by atoms with Gasteiger partial charge in [0, 0.05) is 47.0 Å². The lowest BCUT2D eigenvalue weighted by Crippen LogP contribution is -2.50. The van der Waals surface area contributed by atoms with Crippen LogP contribution >= 0.6 is 27.3 Å². The lowest BCUT2D eigenvalue weighted by molar-refractivity contribution is 0.150. The summed E-state index contributed by atoms with van der Waals surface area (Å²) in [6.07, 6.45) is 1.24. The Bertz CT molecular complexity index is 313. The molecule has 0 amide bonds. The van der Waals surface area contributed by atoms with Gasteiger partial charge < -0.3 is 5.32 Å². The minimum atomic E-state index is 0.708. The lowest BCUT2D eigenvalue weighted by Gasteiger charge is -2.35. The van der Waals surface area contributed by atoms with Gasteiger partial charge in [0.25, 0.3) is 0 Å². The molecular formula is C11H17BrN2S. The van der Waals surface area contributed by atoms with E-state index in [4.69, 9.17) is 0 Å². The Hall–Kier alpha value is 0.1000. The highest BCUT2D eigenvalue weighted by atomic mass is 79.9. The molecule has 15 heavy (non-hydrogen) atoms. The van der Waals surface area contributed by atoms with Gasteiger partial charge in [-0.25, -0.2) is 0 Å². The number of halogens is 1. The highest BCUT2D eigenvalue weighted by Crippen LogP contribution is 2.22. The molecule has 1 saturated heterocycles. The maximum absolute atomic E-state index is 3.51.